The van der Waals surface area contributed by atoms with E-state index in [0.29, 0.717) is 11.6 Å². The van der Waals surface area contributed by atoms with E-state index in [2.05, 4.69) is 10.6 Å². The Balaban J connectivity index is 2.08. The van der Waals surface area contributed by atoms with Gasteiger partial charge in [0.2, 0.25) is 5.91 Å². The average Bonchev–Trinajstić information content (AvgIpc) is 2.58. The Morgan fingerprint density at radius 3 is 2.46 bits per heavy atom. The molecule has 0 aromatic heterocycles. The molecular weight excluding hydrogens is 328 g/mol. The maximum absolute atomic E-state index is 12.9. The molecule has 0 spiro atoms. The van der Waals surface area contributed by atoms with E-state index in [4.69, 9.17) is 21.1 Å². The first kappa shape index (κ1) is 19.2. The minimum Gasteiger partial charge on any atom is -0.384 e. The summed E-state index contributed by atoms with van der Waals surface area (Å²) < 4.78 is 11.0. The number of ether oxygens (including phenoxy) is 2. The predicted molar refractivity (Wildman–Crippen MR) is 95.2 cm³/mol. The molecule has 1 fully saturated rings. The Morgan fingerprint density at radius 1 is 1.29 bits per heavy atom. The Morgan fingerprint density at radius 2 is 1.92 bits per heavy atom. The van der Waals surface area contributed by atoms with Gasteiger partial charge in [-0.2, -0.15) is 0 Å². The number of carbonyl (C=O) groups excluding carboxylic acids is 1. The summed E-state index contributed by atoms with van der Waals surface area (Å²) in [5.74, 6) is 0.0364. The van der Waals surface area contributed by atoms with Gasteiger partial charge in [0.15, 0.2) is 0 Å². The molecule has 1 heterocycles. The molecule has 2 unspecified atom stereocenters. The second-order valence-electron chi connectivity index (χ2n) is 6.43. The van der Waals surface area contributed by atoms with Gasteiger partial charge >= 0.3 is 0 Å². The first-order valence-electron chi connectivity index (χ1n) is 8.31. The van der Waals surface area contributed by atoms with Crippen molar-refractivity contribution in [3.05, 3.63) is 34.9 Å². The second kappa shape index (κ2) is 8.81. The van der Waals surface area contributed by atoms with Crippen molar-refractivity contribution in [1.29, 1.82) is 0 Å². The van der Waals surface area contributed by atoms with Gasteiger partial charge in [0, 0.05) is 19.2 Å². The Hall–Kier alpha value is -1.14. The number of benzene rings is 1. The summed E-state index contributed by atoms with van der Waals surface area (Å²) in [4.78, 5) is 12.9. The third-order valence-electron chi connectivity index (χ3n) is 4.73. The molecule has 1 saturated heterocycles. The van der Waals surface area contributed by atoms with Crippen molar-refractivity contribution in [3.8, 4) is 0 Å². The van der Waals surface area contributed by atoms with Crippen LogP contribution in [0.5, 0.6) is 0 Å². The Labute approximate surface area is 149 Å². The lowest BCUT2D eigenvalue weighted by molar-refractivity contribution is -0.137. The number of rotatable bonds is 7. The lowest BCUT2D eigenvalue weighted by Gasteiger charge is -2.37. The van der Waals surface area contributed by atoms with Crippen LogP contribution in [0.1, 0.15) is 31.4 Å². The van der Waals surface area contributed by atoms with Crippen LogP contribution >= 0.6 is 11.6 Å². The van der Waals surface area contributed by atoms with Gasteiger partial charge in [-0.25, -0.2) is 0 Å². The summed E-state index contributed by atoms with van der Waals surface area (Å²) in [5.41, 5.74) is 0.521. The van der Waals surface area contributed by atoms with Gasteiger partial charge in [0.25, 0.3) is 0 Å². The highest BCUT2D eigenvalue weighted by Gasteiger charge is 2.40. The van der Waals surface area contributed by atoms with Gasteiger partial charge in [-0.1, -0.05) is 23.7 Å². The molecular formula is C18H27ClN2O3. The second-order valence-corrected chi connectivity index (χ2v) is 6.87. The summed E-state index contributed by atoms with van der Waals surface area (Å²) in [7, 11) is 3.30. The van der Waals surface area contributed by atoms with Gasteiger partial charge in [0.1, 0.15) is 6.10 Å². The van der Waals surface area contributed by atoms with Crippen LogP contribution in [0.2, 0.25) is 5.02 Å². The molecule has 0 saturated carbocycles. The van der Waals surface area contributed by atoms with Crippen LogP contribution in [0.25, 0.3) is 0 Å². The quantitative estimate of drug-likeness (QED) is 0.790. The molecule has 0 radical (unpaired) electrons. The fraction of sp³-hybridized carbons (Fsp3) is 0.611. The van der Waals surface area contributed by atoms with Gasteiger partial charge in [-0.3, -0.25) is 4.79 Å². The topological polar surface area (TPSA) is 59.6 Å². The monoisotopic (exact) mass is 354 g/mol. The molecule has 24 heavy (non-hydrogen) atoms. The summed E-state index contributed by atoms with van der Waals surface area (Å²) in [6, 6.07) is 7.35. The largest absolute Gasteiger partial charge is 0.384 e. The fourth-order valence-corrected chi connectivity index (χ4v) is 3.46. The minimum absolute atomic E-state index is 0.0364. The number of carbonyl (C=O) groups is 1. The van der Waals surface area contributed by atoms with E-state index in [9.17, 15) is 4.79 Å². The van der Waals surface area contributed by atoms with Crippen molar-refractivity contribution in [1.82, 2.24) is 10.6 Å². The molecule has 1 aliphatic rings. The molecule has 2 N–H and O–H groups in total. The SMILES string of the molecule is COCC1(C(=O)NC(C)C(OC)c2ccc(Cl)cc2)CCNCC1. The number of hydrogen-bond acceptors (Lipinski definition) is 4. The molecule has 1 amide bonds. The summed E-state index contributed by atoms with van der Waals surface area (Å²) >= 11 is 5.95. The molecule has 2 rings (SSSR count). The Bertz CT molecular complexity index is 524. The molecule has 1 aromatic rings. The molecule has 0 aliphatic carbocycles. The summed E-state index contributed by atoms with van der Waals surface area (Å²) in [6.45, 7) is 4.06. The van der Waals surface area contributed by atoms with Gasteiger partial charge in [0.05, 0.1) is 18.1 Å². The lowest BCUT2D eigenvalue weighted by Crippen LogP contribution is -2.53. The minimum atomic E-state index is -0.466. The van der Waals surface area contributed by atoms with Crippen molar-refractivity contribution in [2.75, 3.05) is 33.9 Å². The molecule has 6 heteroatoms. The van der Waals surface area contributed by atoms with Crippen LogP contribution in [-0.4, -0.2) is 45.9 Å². The molecule has 134 valence electrons. The van der Waals surface area contributed by atoms with Crippen molar-refractivity contribution >= 4 is 17.5 Å². The van der Waals surface area contributed by atoms with Crippen molar-refractivity contribution in [2.45, 2.75) is 31.9 Å². The smallest absolute Gasteiger partial charge is 0.228 e. The van der Waals surface area contributed by atoms with E-state index in [0.717, 1.165) is 31.5 Å². The maximum atomic E-state index is 12.9. The number of piperidine rings is 1. The summed E-state index contributed by atoms with van der Waals surface area (Å²) in [5, 5.41) is 7.11. The van der Waals surface area contributed by atoms with E-state index in [1.165, 1.54) is 0 Å². The molecule has 2 atom stereocenters. The Kier molecular flexibility index (Phi) is 7.04. The van der Waals surface area contributed by atoms with E-state index in [1.54, 1.807) is 14.2 Å². The number of halogens is 1. The lowest BCUT2D eigenvalue weighted by atomic mass is 9.78. The zero-order valence-electron chi connectivity index (χ0n) is 14.6. The van der Waals surface area contributed by atoms with Crippen LogP contribution in [-0.2, 0) is 14.3 Å². The van der Waals surface area contributed by atoms with Gasteiger partial charge in [-0.15, -0.1) is 0 Å². The standard InChI is InChI=1S/C18H27ClN2O3/c1-13(16(24-3)14-4-6-15(19)7-5-14)21-17(22)18(12-23-2)8-10-20-11-9-18/h4-7,13,16,20H,8-12H2,1-3H3,(H,21,22). The summed E-state index contributed by atoms with van der Waals surface area (Å²) in [6.07, 6.45) is 1.32. The number of methoxy groups -OCH3 is 2. The molecule has 5 nitrogen and oxygen atoms in total. The van der Waals surface area contributed by atoms with E-state index in [-0.39, 0.29) is 18.1 Å². The van der Waals surface area contributed by atoms with Crippen molar-refractivity contribution < 1.29 is 14.3 Å². The number of amides is 1. The van der Waals surface area contributed by atoms with E-state index >= 15 is 0 Å². The van der Waals surface area contributed by atoms with Crippen LogP contribution in [0.3, 0.4) is 0 Å². The van der Waals surface area contributed by atoms with E-state index < -0.39 is 5.41 Å². The highest BCUT2D eigenvalue weighted by molar-refractivity contribution is 6.30. The van der Waals surface area contributed by atoms with Gasteiger partial charge < -0.3 is 20.1 Å². The molecule has 1 aromatic carbocycles. The number of hydrogen-bond donors (Lipinski definition) is 2. The normalized spacial score (nSPS) is 19.5. The maximum Gasteiger partial charge on any atom is 0.228 e. The highest BCUT2D eigenvalue weighted by Crippen LogP contribution is 2.31. The third-order valence-corrected chi connectivity index (χ3v) is 4.98. The van der Waals surface area contributed by atoms with Crippen LogP contribution in [0, 0.1) is 5.41 Å². The molecule has 1 aliphatic heterocycles. The first-order valence-corrected chi connectivity index (χ1v) is 8.69. The highest BCUT2D eigenvalue weighted by atomic mass is 35.5. The van der Waals surface area contributed by atoms with Crippen LogP contribution in [0.4, 0.5) is 0 Å². The third kappa shape index (κ3) is 4.48. The number of nitrogens with one attached hydrogen (secondary N) is 2. The first-order chi connectivity index (χ1) is 11.5. The fourth-order valence-electron chi connectivity index (χ4n) is 3.34. The van der Waals surface area contributed by atoms with Crippen LogP contribution in [0.15, 0.2) is 24.3 Å². The van der Waals surface area contributed by atoms with Crippen molar-refractivity contribution in [2.24, 2.45) is 5.41 Å². The van der Waals surface area contributed by atoms with E-state index in [1.807, 2.05) is 31.2 Å². The average molecular weight is 355 g/mol. The van der Waals surface area contributed by atoms with Crippen molar-refractivity contribution in [3.63, 3.8) is 0 Å². The zero-order chi connectivity index (χ0) is 17.6. The predicted octanol–water partition coefficient (Wildman–Crippen LogP) is 2.55. The zero-order valence-corrected chi connectivity index (χ0v) is 15.4. The van der Waals surface area contributed by atoms with Crippen LogP contribution < -0.4 is 10.6 Å². The van der Waals surface area contributed by atoms with Gasteiger partial charge in [-0.05, 0) is 50.6 Å². The molecule has 0 bridgehead atoms.